The molecule has 0 spiro atoms. The van der Waals surface area contributed by atoms with Crippen LogP contribution >= 0.6 is 34.4 Å². The van der Waals surface area contributed by atoms with Gasteiger partial charge in [-0.1, -0.05) is 143 Å². The number of anilines is 3. The number of carboxylic acids is 1. The first-order valence-electron chi connectivity index (χ1n) is 30.9. The molecule has 84 heavy (non-hydrogen) atoms. The standard InChI is InChI=1S/C71H82N4O6S3/c1-7-13-19-21-37-71(38-22-20-14-8-2)60-46-56(43-51(48-72)70(76)77)82-68(60)69-61(71)47-65(83-69)59-35-36-62(67-66(59)73-84-74-67)75(52-27-23-49(24-28-52)57-33-31-54(78-39-15-9-3)44-63(57)80-41-17-11-5)53-29-25-50(26-30-53)58-34-32-55(79-40-16-10-4)45-64(58)81-42-18-12-6/h23-36,43-47H,7-22,37-42H2,1-6H3,(H,76,77)/b51-43+. The molecule has 0 atom stereocenters. The lowest BCUT2D eigenvalue weighted by Gasteiger charge is -2.31. The van der Waals surface area contributed by atoms with Crippen molar-refractivity contribution in [1.82, 2.24) is 8.75 Å². The van der Waals surface area contributed by atoms with E-state index in [1.165, 1.54) is 45.5 Å². The number of aliphatic carboxylic acids is 1. The van der Waals surface area contributed by atoms with E-state index in [1.807, 2.05) is 30.3 Å². The number of carboxylic acid groups (broad SMARTS) is 1. The van der Waals surface area contributed by atoms with Crippen molar-refractivity contribution in [3.05, 3.63) is 131 Å². The molecule has 10 nitrogen and oxygen atoms in total. The minimum absolute atomic E-state index is 0.228. The number of hydrogen-bond donors (Lipinski definition) is 1. The topological polar surface area (TPSA) is 127 Å². The third-order valence-corrected chi connectivity index (χ3v) is 18.9. The summed E-state index contributed by atoms with van der Waals surface area (Å²) in [5, 5.41) is 19.7. The van der Waals surface area contributed by atoms with Crippen molar-refractivity contribution in [3.63, 3.8) is 0 Å². The molecule has 0 unspecified atom stereocenters. The molecule has 13 heteroatoms. The molecule has 0 saturated heterocycles. The summed E-state index contributed by atoms with van der Waals surface area (Å²) < 4.78 is 35.5. The van der Waals surface area contributed by atoms with Crippen molar-refractivity contribution < 1.29 is 28.8 Å². The first-order chi connectivity index (χ1) is 41.2. The van der Waals surface area contributed by atoms with Crippen LogP contribution in [0.25, 0.3) is 59.6 Å². The number of thiophene rings is 2. The highest BCUT2D eigenvalue weighted by molar-refractivity contribution is 7.24. The minimum atomic E-state index is -1.21. The van der Waals surface area contributed by atoms with Gasteiger partial charge in [0.05, 0.1) is 43.8 Å². The second kappa shape index (κ2) is 30.2. The van der Waals surface area contributed by atoms with Crippen LogP contribution in [0.2, 0.25) is 0 Å². The van der Waals surface area contributed by atoms with E-state index in [4.69, 9.17) is 27.7 Å². The van der Waals surface area contributed by atoms with Crippen LogP contribution in [-0.2, 0) is 10.2 Å². The predicted octanol–water partition coefficient (Wildman–Crippen LogP) is 21.2. The SMILES string of the molecule is CCCCCCC1(CCCCCC)c2cc(/C=C(\C#N)C(=O)O)sc2-c2sc(-c3ccc(N(c4ccc(-c5ccc(OCCCC)cc5OCCCC)cc4)c4ccc(-c5ccc(OCCCC)cc5OCCCC)cc4)c4nsnc34)cc21. The summed E-state index contributed by atoms with van der Waals surface area (Å²) in [5.74, 6) is 2.04. The summed E-state index contributed by atoms with van der Waals surface area (Å²) in [4.78, 5) is 18.8. The molecule has 0 amide bonds. The van der Waals surface area contributed by atoms with Gasteiger partial charge in [0.1, 0.15) is 45.7 Å². The molecule has 0 saturated carbocycles. The fourth-order valence-corrected chi connectivity index (χ4v) is 14.5. The van der Waals surface area contributed by atoms with Crippen LogP contribution in [0.15, 0.2) is 115 Å². The molecule has 3 aromatic heterocycles. The number of nitrogens with zero attached hydrogens (tertiary/aromatic N) is 4. The zero-order valence-corrected chi connectivity index (χ0v) is 52.5. The number of rotatable bonds is 34. The van der Waals surface area contributed by atoms with Gasteiger partial charge in [-0.05, 0) is 140 Å². The van der Waals surface area contributed by atoms with Gasteiger partial charge in [0, 0.05) is 65.1 Å². The molecule has 8 aromatic rings. The highest BCUT2D eigenvalue weighted by Crippen LogP contribution is 2.61. The van der Waals surface area contributed by atoms with Crippen molar-refractivity contribution >= 4 is 74.5 Å². The van der Waals surface area contributed by atoms with Crippen LogP contribution in [0.3, 0.4) is 0 Å². The van der Waals surface area contributed by atoms with E-state index < -0.39 is 5.97 Å². The van der Waals surface area contributed by atoms with Crippen LogP contribution in [0.1, 0.15) is 173 Å². The van der Waals surface area contributed by atoms with E-state index in [9.17, 15) is 15.2 Å². The third kappa shape index (κ3) is 14.2. The van der Waals surface area contributed by atoms with E-state index in [0.29, 0.717) is 26.4 Å². The zero-order chi connectivity index (χ0) is 58.8. The average molecular weight is 1180 g/mol. The van der Waals surface area contributed by atoms with Crippen molar-refractivity contribution in [2.24, 2.45) is 0 Å². The van der Waals surface area contributed by atoms with Crippen molar-refractivity contribution in [2.75, 3.05) is 31.3 Å². The highest BCUT2D eigenvalue weighted by Gasteiger charge is 2.45. The summed E-state index contributed by atoms with van der Waals surface area (Å²) >= 11 is 4.64. The number of benzene rings is 5. The Bertz CT molecular complexity index is 3390. The molecule has 1 aliphatic rings. The van der Waals surface area contributed by atoms with E-state index in [-0.39, 0.29) is 11.0 Å². The molecule has 1 aliphatic carbocycles. The summed E-state index contributed by atoms with van der Waals surface area (Å²) in [6.07, 6.45) is 20.9. The Balaban J connectivity index is 1.15. The Morgan fingerprint density at radius 1 is 0.548 bits per heavy atom. The van der Waals surface area contributed by atoms with Crippen molar-refractivity contribution in [1.29, 1.82) is 5.26 Å². The number of nitriles is 1. The van der Waals surface area contributed by atoms with Gasteiger partial charge < -0.3 is 29.0 Å². The van der Waals surface area contributed by atoms with Crippen LogP contribution in [0, 0.1) is 11.3 Å². The third-order valence-electron chi connectivity index (χ3n) is 16.0. The van der Waals surface area contributed by atoms with Gasteiger partial charge in [-0.2, -0.15) is 14.0 Å². The van der Waals surface area contributed by atoms with E-state index in [2.05, 4.69) is 131 Å². The molecular weight excluding hydrogens is 1100 g/mol. The summed E-state index contributed by atoms with van der Waals surface area (Å²) in [6, 6.07) is 40.8. The highest BCUT2D eigenvalue weighted by atomic mass is 32.1. The molecule has 0 radical (unpaired) electrons. The second-order valence-corrected chi connectivity index (χ2v) is 24.7. The second-order valence-electron chi connectivity index (χ2n) is 22.1. The Hall–Kier alpha value is -6.98. The lowest BCUT2D eigenvalue weighted by molar-refractivity contribution is -0.132. The fraction of sp³-hybridized carbons (Fsp3) is 0.408. The Kier molecular flexibility index (Phi) is 22.1. The maximum Gasteiger partial charge on any atom is 0.346 e. The van der Waals surface area contributed by atoms with Gasteiger partial charge in [-0.3, -0.25) is 0 Å². The van der Waals surface area contributed by atoms with E-state index in [1.54, 1.807) is 28.7 Å². The molecular formula is C71H82N4O6S3. The largest absolute Gasteiger partial charge is 0.493 e. The van der Waals surface area contributed by atoms with Gasteiger partial charge in [-0.25, -0.2) is 4.79 Å². The number of hydrogen-bond acceptors (Lipinski definition) is 12. The van der Waals surface area contributed by atoms with Crippen LogP contribution in [0.4, 0.5) is 17.1 Å². The quantitative estimate of drug-likeness (QED) is 0.0237. The molecule has 440 valence electrons. The molecule has 5 aromatic carbocycles. The minimum Gasteiger partial charge on any atom is -0.493 e. The van der Waals surface area contributed by atoms with Crippen LogP contribution < -0.4 is 23.8 Å². The fourth-order valence-electron chi connectivity index (χ4n) is 11.3. The summed E-state index contributed by atoms with van der Waals surface area (Å²) in [7, 11) is 0. The van der Waals surface area contributed by atoms with E-state index in [0.717, 1.165) is 191 Å². The number of ether oxygens (including phenoxy) is 4. The Morgan fingerprint density at radius 2 is 1.02 bits per heavy atom. The molecule has 1 N–H and O–H groups in total. The number of carbonyl (C=O) groups is 1. The summed E-state index contributed by atoms with van der Waals surface area (Å²) in [5.41, 5.74) is 11.8. The smallest absolute Gasteiger partial charge is 0.346 e. The maximum atomic E-state index is 12.1. The first kappa shape index (κ1) is 61.6. The van der Waals surface area contributed by atoms with Crippen LogP contribution in [-0.4, -0.2) is 46.3 Å². The van der Waals surface area contributed by atoms with Crippen LogP contribution in [0.5, 0.6) is 23.0 Å². The Morgan fingerprint density at radius 3 is 1.52 bits per heavy atom. The number of aromatic nitrogens is 2. The molecule has 0 bridgehead atoms. The number of unbranched alkanes of at least 4 members (excludes halogenated alkanes) is 10. The van der Waals surface area contributed by atoms with Gasteiger partial charge in [0.15, 0.2) is 0 Å². The van der Waals surface area contributed by atoms with E-state index >= 15 is 0 Å². The lowest BCUT2D eigenvalue weighted by Crippen LogP contribution is -2.25. The normalized spacial score (nSPS) is 12.5. The molecule has 0 aliphatic heterocycles. The van der Waals surface area contributed by atoms with Crippen molar-refractivity contribution in [2.45, 2.75) is 163 Å². The van der Waals surface area contributed by atoms with Crippen molar-refractivity contribution in [3.8, 4) is 71.5 Å². The number of fused-ring (bicyclic) bond motifs is 4. The monoisotopic (exact) mass is 1180 g/mol. The lowest BCUT2D eigenvalue weighted by atomic mass is 9.71. The molecule has 3 heterocycles. The summed E-state index contributed by atoms with van der Waals surface area (Å²) in [6.45, 7) is 15.8. The predicted molar refractivity (Wildman–Crippen MR) is 351 cm³/mol. The molecule has 0 fully saturated rings. The zero-order valence-electron chi connectivity index (χ0n) is 50.0. The maximum absolute atomic E-state index is 12.1. The first-order valence-corrected chi connectivity index (χ1v) is 33.2. The van der Waals surface area contributed by atoms with Gasteiger partial charge >= 0.3 is 5.97 Å². The molecule has 9 rings (SSSR count). The Labute approximate surface area is 510 Å². The van der Waals surface area contributed by atoms with Gasteiger partial charge in [-0.15, -0.1) is 22.7 Å². The average Bonchev–Trinajstić information content (AvgIpc) is 1.80. The van der Waals surface area contributed by atoms with Gasteiger partial charge in [0.2, 0.25) is 0 Å². The van der Waals surface area contributed by atoms with Gasteiger partial charge in [0.25, 0.3) is 0 Å².